The fourth-order valence-electron chi connectivity index (χ4n) is 3.27. The molecule has 0 fully saturated rings. The van der Waals surface area contributed by atoms with Crippen LogP contribution in [-0.2, 0) is 14.3 Å². The van der Waals surface area contributed by atoms with Crippen molar-refractivity contribution < 1.29 is 23.8 Å². The lowest BCUT2D eigenvalue weighted by molar-refractivity contribution is -0.136. The van der Waals surface area contributed by atoms with Crippen LogP contribution in [0.25, 0.3) is 6.08 Å². The highest BCUT2D eigenvalue weighted by molar-refractivity contribution is 6.35. The van der Waals surface area contributed by atoms with Gasteiger partial charge in [-0.1, -0.05) is 29.3 Å². The third-order valence-corrected chi connectivity index (χ3v) is 5.05. The van der Waals surface area contributed by atoms with Gasteiger partial charge in [-0.3, -0.25) is 9.69 Å². The number of carbonyl (C=O) groups is 2. The van der Waals surface area contributed by atoms with E-state index >= 15 is 0 Å². The van der Waals surface area contributed by atoms with Crippen molar-refractivity contribution in [3.05, 3.63) is 68.9 Å². The van der Waals surface area contributed by atoms with Crippen LogP contribution in [-0.4, -0.2) is 33.2 Å². The van der Waals surface area contributed by atoms with Crippen LogP contribution in [0.3, 0.4) is 0 Å². The Balaban J connectivity index is 2.15. The summed E-state index contributed by atoms with van der Waals surface area (Å²) in [5, 5.41) is 0.741. The van der Waals surface area contributed by atoms with Crippen molar-refractivity contribution in [3.63, 3.8) is 0 Å². The molecule has 0 aliphatic carbocycles. The number of halogens is 2. The summed E-state index contributed by atoms with van der Waals surface area (Å²) in [5.74, 6) is 0.0211. The molecule has 0 N–H and O–H groups in total. The third-order valence-electron chi connectivity index (χ3n) is 4.61. The molecule has 30 heavy (non-hydrogen) atoms. The number of anilines is 1. The number of allylic oxidation sites excluding steroid dienone is 1. The number of nitrogens with zero attached hydrogens (tertiary/aromatic N) is 1. The van der Waals surface area contributed by atoms with E-state index in [2.05, 4.69) is 0 Å². The Hall–Kier alpha value is -2.96. The maximum absolute atomic E-state index is 13.3. The lowest BCUT2D eigenvalue weighted by Crippen LogP contribution is -2.24. The number of amides is 1. The Morgan fingerprint density at radius 3 is 2.17 bits per heavy atom. The van der Waals surface area contributed by atoms with Crippen molar-refractivity contribution >= 4 is 46.8 Å². The zero-order valence-corrected chi connectivity index (χ0v) is 18.3. The first-order chi connectivity index (χ1) is 14.3. The summed E-state index contributed by atoms with van der Waals surface area (Å²) >= 11 is 12.2. The van der Waals surface area contributed by atoms with Crippen LogP contribution in [0.2, 0.25) is 10.0 Å². The molecule has 0 bridgehead atoms. The van der Waals surface area contributed by atoms with Crippen molar-refractivity contribution in [1.82, 2.24) is 0 Å². The maximum Gasteiger partial charge on any atom is 0.340 e. The first-order valence-electron chi connectivity index (χ1n) is 8.84. The summed E-state index contributed by atoms with van der Waals surface area (Å²) in [6, 6.07) is 9.95. The predicted octanol–water partition coefficient (Wildman–Crippen LogP) is 4.89. The fraction of sp³-hybridized carbons (Fsp3) is 0.182. The largest absolute Gasteiger partial charge is 0.493 e. The average Bonchev–Trinajstić information content (AvgIpc) is 2.96. The molecule has 156 valence electrons. The number of esters is 1. The molecule has 0 atom stereocenters. The predicted molar refractivity (Wildman–Crippen MR) is 116 cm³/mol. The lowest BCUT2D eigenvalue weighted by Gasteiger charge is -2.18. The van der Waals surface area contributed by atoms with Gasteiger partial charge in [0, 0.05) is 15.7 Å². The van der Waals surface area contributed by atoms with E-state index in [4.69, 9.17) is 37.4 Å². The number of hydrogen-bond donors (Lipinski definition) is 0. The molecule has 6 nitrogen and oxygen atoms in total. The van der Waals surface area contributed by atoms with E-state index in [1.165, 1.54) is 26.2 Å². The van der Waals surface area contributed by atoms with E-state index in [0.717, 1.165) is 0 Å². The van der Waals surface area contributed by atoms with Gasteiger partial charge in [-0.25, -0.2) is 4.79 Å². The van der Waals surface area contributed by atoms with Gasteiger partial charge >= 0.3 is 5.97 Å². The van der Waals surface area contributed by atoms with Crippen LogP contribution in [0.5, 0.6) is 11.5 Å². The standard InChI is InChI=1S/C22H19Cl2NO5/c1-12-20(22(27)30-4)17(7-13-5-6-18(28-2)19(8-13)29-3)21(26)25(12)16-10-14(23)9-15(24)11-16/h5-11H,1-4H3/b17-7-. The van der Waals surface area contributed by atoms with Gasteiger partial charge in [-0.05, 0) is 48.9 Å². The van der Waals surface area contributed by atoms with Gasteiger partial charge < -0.3 is 14.2 Å². The second kappa shape index (κ2) is 8.81. The SMILES string of the molecule is COC(=O)C1=C(C)N(c2cc(Cl)cc(Cl)c2)C(=O)/C1=C\c1ccc(OC)c(OC)c1. The lowest BCUT2D eigenvalue weighted by atomic mass is 10.0. The second-order valence-electron chi connectivity index (χ2n) is 6.39. The molecule has 1 amide bonds. The maximum atomic E-state index is 13.3. The zero-order valence-electron chi connectivity index (χ0n) is 16.8. The quantitative estimate of drug-likeness (QED) is 0.482. The van der Waals surface area contributed by atoms with Gasteiger partial charge in [-0.15, -0.1) is 0 Å². The van der Waals surface area contributed by atoms with Gasteiger partial charge in [0.15, 0.2) is 11.5 Å². The molecule has 0 radical (unpaired) electrons. The Kier molecular flexibility index (Phi) is 6.39. The molecule has 0 unspecified atom stereocenters. The van der Waals surface area contributed by atoms with E-state index in [-0.39, 0.29) is 11.1 Å². The Morgan fingerprint density at radius 2 is 1.60 bits per heavy atom. The molecule has 0 saturated carbocycles. The summed E-state index contributed by atoms with van der Waals surface area (Å²) in [5.41, 5.74) is 1.86. The first kappa shape index (κ1) is 21.7. The van der Waals surface area contributed by atoms with Crippen molar-refractivity contribution in [1.29, 1.82) is 0 Å². The van der Waals surface area contributed by atoms with Crippen LogP contribution in [0.15, 0.2) is 53.2 Å². The fourth-order valence-corrected chi connectivity index (χ4v) is 3.78. The van der Waals surface area contributed by atoms with Crippen LogP contribution >= 0.6 is 23.2 Å². The van der Waals surface area contributed by atoms with E-state index in [9.17, 15) is 9.59 Å². The van der Waals surface area contributed by atoms with E-state index < -0.39 is 11.9 Å². The Bertz CT molecular complexity index is 1070. The molecule has 0 saturated heterocycles. The number of carbonyl (C=O) groups excluding carboxylic acids is 2. The Morgan fingerprint density at radius 1 is 0.967 bits per heavy atom. The number of benzene rings is 2. The van der Waals surface area contributed by atoms with Gasteiger partial charge in [0.25, 0.3) is 5.91 Å². The van der Waals surface area contributed by atoms with E-state index in [1.807, 2.05) is 0 Å². The topological polar surface area (TPSA) is 65.1 Å². The minimum atomic E-state index is -0.622. The summed E-state index contributed by atoms with van der Waals surface area (Å²) in [6.45, 7) is 1.66. The van der Waals surface area contributed by atoms with Gasteiger partial charge in [0.1, 0.15) is 0 Å². The van der Waals surface area contributed by atoms with Crippen LogP contribution in [0.4, 0.5) is 5.69 Å². The molecule has 1 aliphatic heterocycles. The molecule has 1 heterocycles. The van der Waals surface area contributed by atoms with Crippen molar-refractivity contribution in [2.45, 2.75) is 6.92 Å². The van der Waals surface area contributed by atoms with Crippen LogP contribution in [0.1, 0.15) is 12.5 Å². The summed E-state index contributed by atoms with van der Waals surface area (Å²) in [6.07, 6.45) is 1.60. The number of hydrogen-bond acceptors (Lipinski definition) is 5. The van der Waals surface area contributed by atoms with Gasteiger partial charge in [-0.2, -0.15) is 0 Å². The van der Waals surface area contributed by atoms with Crippen LogP contribution in [0, 0.1) is 0 Å². The molecule has 0 aromatic heterocycles. The molecular formula is C22H19Cl2NO5. The number of methoxy groups -OCH3 is 3. The molecule has 2 aromatic carbocycles. The molecule has 3 rings (SSSR count). The summed E-state index contributed by atoms with van der Waals surface area (Å²) < 4.78 is 15.5. The highest BCUT2D eigenvalue weighted by atomic mass is 35.5. The minimum Gasteiger partial charge on any atom is -0.493 e. The molecule has 2 aromatic rings. The third kappa shape index (κ3) is 4.01. The second-order valence-corrected chi connectivity index (χ2v) is 7.27. The number of rotatable bonds is 5. The van der Waals surface area contributed by atoms with Crippen molar-refractivity contribution in [2.75, 3.05) is 26.2 Å². The minimum absolute atomic E-state index is 0.161. The molecular weight excluding hydrogens is 429 g/mol. The highest BCUT2D eigenvalue weighted by Crippen LogP contribution is 2.38. The monoisotopic (exact) mass is 447 g/mol. The normalized spacial score (nSPS) is 15.1. The van der Waals surface area contributed by atoms with Gasteiger partial charge in [0.05, 0.1) is 38.2 Å². The molecule has 8 heteroatoms. The summed E-state index contributed by atoms with van der Waals surface area (Å²) in [7, 11) is 4.32. The van der Waals surface area contributed by atoms with E-state index in [1.54, 1.807) is 49.4 Å². The van der Waals surface area contributed by atoms with Gasteiger partial charge in [0.2, 0.25) is 0 Å². The molecule has 0 spiro atoms. The average molecular weight is 448 g/mol. The first-order valence-corrected chi connectivity index (χ1v) is 9.60. The van der Waals surface area contributed by atoms with E-state index in [0.29, 0.717) is 38.5 Å². The molecule has 1 aliphatic rings. The Labute approximate surface area is 184 Å². The number of ether oxygens (including phenoxy) is 3. The highest BCUT2D eigenvalue weighted by Gasteiger charge is 2.38. The summed E-state index contributed by atoms with van der Waals surface area (Å²) in [4.78, 5) is 27.2. The van der Waals surface area contributed by atoms with Crippen molar-refractivity contribution in [2.24, 2.45) is 0 Å². The zero-order chi connectivity index (χ0) is 22.0. The van der Waals surface area contributed by atoms with Crippen LogP contribution < -0.4 is 14.4 Å². The smallest absolute Gasteiger partial charge is 0.340 e. The van der Waals surface area contributed by atoms with Crippen molar-refractivity contribution in [3.8, 4) is 11.5 Å².